The van der Waals surface area contributed by atoms with E-state index in [-0.39, 0.29) is 16.7 Å². The zero-order valence-electron chi connectivity index (χ0n) is 14.5. The molecular weight excluding hydrogens is 402 g/mol. The van der Waals surface area contributed by atoms with Crippen molar-refractivity contribution in [3.63, 3.8) is 0 Å². The number of carbonyl (C=O) groups is 2. The molecule has 0 radical (unpaired) electrons. The van der Waals surface area contributed by atoms with Gasteiger partial charge in [-0.3, -0.25) is 30.6 Å². The van der Waals surface area contributed by atoms with E-state index in [0.717, 1.165) is 16.1 Å². The summed E-state index contributed by atoms with van der Waals surface area (Å²) in [6, 6.07) is 10.4. The van der Waals surface area contributed by atoms with Gasteiger partial charge in [-0.2, -0.15) is 0 Å². The summed E-state index contributed by atoms with van der Waals surface area (Å²) in [6.07, 6.45) is 0. The quantitative estimate of drug-likeness (QED) is 0.584. The van der Waals surface area contributed by atoms with Crippen molar-refractivity contribution in [2.75, 3.05) is 0 Å². The summed E-state index contributed by atoms with van der Waals surface area (Å²) in [4.78, 5) is 34.4. The molecule has 0 aliphatic heterocycles. The lowest BCUT2D eigenvalue weighted by atomic mass is 9.86. The number of hydrogen-bond donors (Lipinski definition) is 2. The monoisotopic (exact) mass is 419 g/mol. The Morgan fingerprint density at radius 3 is 2.08 bits per heavy atom. The van der Waals surface area contributed by atoms with E-state index in [4.69, 9.17) is 0 Å². The summed E-state index contributed by atoms with van der Waals surface area (Å²) in [6.45, 7) is 6.18. The lowest BCUT2D eigenvalue weighted by Crippen LogP contribution is -2.41. The maximum absolute atomic E-state index is 12.2. The summed E-state index contributed by atoms with van der Waals surface area (Å²) in [5.74, 6) is -1.14. The number of carbonyl (C=O) groups excluding carboxylic acids is 2. The van der Waals surface area contributed by atoms with Crippen LogP contribution in [0.25, 0.3) is 0 Å². The van der Waals surface area contributed by atoms with E-state index in [1.165, 1.54) is 18.2 Å². The van der Waals surface area contributed by atoms with Gasteiger partial charge in [0.15, 0.2) is 0 Å². The molecule has 2 rings (SSSR count). The van der Waals surface area contributed by atoms with Crippen molar-refractivity contribution in [1.82, 2.24) is 10.9 Å². The van der Waals surface area contributed by atoms with Crippen LogP contribution in [0.2, 0.25) is 0 Å². The van der Waals surface area contributed by atoms with Crippen LogP contribution >= 0.6 is 15.9 Å². The third kappa shape index (κ3) is 4.66. The number of hydrogen-bond acceptors (Lipinski definition) is 4. The minimum Gasteiger partial charge on any atom is -0.267 e. The molecule has 0 unspecified atom stereocenters. The lowest BCUT2D eigenvalue weighted by molar-refractivity contribution is -0.384. The van der Waals surface area contributed by atoms with Crippen molar-refractivity contribution in [2.24, 2.45) is 0 Å². The molecule has 2 aromatic carbocycles. The molecule has 0 bridgehead atoms. The van der Waals surface area contributed by atoms with Crippen LogP contribution in [0, 0.1) is 10.1 Å². The fourth-order valence-corrected chi connectivity index (χ4v) is 3.26. The minimum absolute atomic E-state index is 0.0729. The van der Waals surface area contributed by atoms with E-state index in [2.05, 4.69) is 47.6 Å². The Labute approximate surface area is 159 Å². The van der Waals surface area contributed by atoms with Crippen molar-refractivity contribution >= 4 is 33.4 Å². The topological polar surface area (TPSA) is 101 Å². The van der Waals surface area contributed by atoms with Crippen LogP contribution in [0.4, 0.5) is 5.69 Å². The maximum Gasteiger partial charge on any atom is 0.270 e. The zero-order valence-corrected chi connectivity index (χ0v) is 16.1. The van der Waals surface area contributed by atoms with Gasteiger partial charge < -0.3 is 0 Å². The maximum atomic E-state index is 12.2. The molecule has 0 heterocycles. The van der Waals surface area contributed by atoms with Gasteiger partial charge in [0.05, 0.1) is 4.92 Å². The molecule has 0 spiro atoms. The molecule has 0 aromatic heterocycles. The van der Waals surface area contributed by atoms with Gasteiger partial charge in [0, 0.05) is 27.7 Å². The average Bonchev–Trinajstić information content (AvgIpc) is 2.58. The second kappa shape index (κ2) is 7.65. The average molecular weight is 420 g/mol. The number of nitro benzene ring substituents is 1. The third-order valence-corrected chi connectivity index (χ3v) is 4.30. The molecule has 0 atom stereocenters. The molecule has 136 valence electrons. The van der Waals surface area contributed by atoms with Gasteiger partial charge in [-0.05, 0) is 29.2 Å². The van der Waals surface area contributed by atoms with E-state index >= 15 is 0 Å². The number of nitrogens with zero attached hydrogens (tertiary/aromatic N) is 1. The Bertz CT molecular complexity index is 875. The standard InChI is InChI=1S/C18H18BrN3O4/c1-18(2,3)14-8-7-12(10-15(14)19)17(24)21-20-16(23)11-5-4-6-13(9-11)22(25)26/h4-10H,1-3H3,(H,20,23)(H,21,24). The molecule has 0 fully saturated rings. The normalized spacial score (nSPS) is 10.9. The largest absolute Gasteiger partial charge is 0.270 e. The van der Waals surface area contributed by atoms with Gasteiger partial charge in [0.2, 0.25) is 0 Å². The zero-order chi connectivity index (χ0) is 19.5. The van der Waals surface area contributed by atoms with Gasteiger partial charge in [-0.25, -0.2) is 0 Å². The summed E-state index contributed by atoms with van der Waals surface area (Å²) in [5, 5.41) is 10.8. The lowest BCUT2D eigenvalue weighted by Gasteiger charge is -2.21. The second-order valence-electron chi connectivity index (χ2n) is 6.66. The summed E-state index contributed by atoms with van der Waals surface area (Å²) in [7, 11) is 0. The van der Waals surface area contributed by atoms with Gasteiger partial charge in [-0.1, -0.05) is 48.8 Å². The first kappa shape index (κ1) is 19.6. The Morgan fingerprint density at radius 2 is 1.58 bits per heavy atom. The summed E-state index contributed by atoms with van der Waals surface area (Å²) >= 11 is 3.46. The highest BCUT2D eigenvalue weighted by Crippen LogP contribution is 2.30. The molecule has 26 heavy (non-hydrogen) atoms. The van der Waals surface area contributed by atoms with Crippen LogP contribution in [0.5, 0.6) is 0 Å². The molecule has 0 saturated carbocycles. The van der Waals surface area contributed by atoms with E-state index in [1.807, 2.05) is 6.07 Å². The number of rotatable bonds is 3. The van der Waals surface area contributed by atoms with E-state index in [1.54, 1.807) is 12.1 Å². The number of nitrogens with one attached hydrogen (secondary N) is 2. The molecule has 8 heteroatoms. The van der Waals surface area contributed by atoms with Crippen molar-refractivity contribution in [1.29, 1.82) is 0 Å². The van der Waals surface area contributed by atoms with Crippen molar-refractivity contribution < 1.29 is 14.5 Å². The molecule has 2 N–H and O–H groups in total. The van der Waals surface area contributed by atoms with Crippen LogP contribution in [0.15, 0.2) is 46.9 Å². The minimum atomic E-state index is -0.646. The Kier molecular flexibility index (Phi) is 5.76. The van der Waals surface area contributed by atoms with E-state index in [9.17, 15) is 19.7 Å². The summed E-state index contributed by atoms with van der Waals surface area (Å²) in [5.41, 5.74) is 5.76. The molecule has 0 aliphatic carbocycles. The predicted octanol–water partition coefficient (Wildman–Crippen LogP) is 3.73. The molecule has 7 nitrogen and oxygen atoms in total. The first-order chi connectivity index (χ1) is 12.1. The van der Waals surface area contributed by atoms with Crippen LogP contribution in [0.1, 0.15) is 47.1 Å². The third-order valence-electron chi connectivity index (χ3n) is 3.65. The molecular formula is C18H18BrN3O4. The SMILES string of the molecule is CC(C)(C)c1ccc(C(=O)NNC(=O)c2cccc([N+](=O)[O-])c2)cc1Br. The number of benzene rings is 2. The molecule has 0 saturated heterocycles. The first-order valence-electron chi connectivity index (χ1n) is 7.75. The molecule has 0 aliphatic rings. The van der Waals surface area contributed by atoms with Crippen LogP contribution < -0.4 is 10.9 Å². The highest BCUT2D eigenvalue weighted by atomic mass is 79.9. The Hall–Kier alpha value is -2.74. The highest BCUT2D eigenvalue weighted by Gasteiger charge is 2.19. The van der Waals surface area contributed by atoms with Gasteiger partial charge in [-0.15, -0.1) is 0 Å². The highest BCUT2D eigenvalue weighted by molar-refractivity contribution is 9.10. The summed E-state index contributed by atoms with van der Waals surface area (Å²) < 4.78 is 0.794. The number of halogens is 1. The van der Waals surface area contributed by atoms with Crippen LogP contribution in [-0.2, 0) is 5.41 Å². The van der Waals surface area contributed by atoms with E-state index < -0.39 is 16.7 Å². The molecule has 2 amide bonds. The fraction of sp³-hybridized carbons (Fsp3) is 0.222. The number of hydrazine groups is 1. The van der Waals surface area contributed by atoms with Crippen molar-refractivity contribution in [2.45, 2.75) is 26.2 Å². The van der Waals surface area contributed by atoms with Crippen LogP contribution in [0.3, 0.4) is 0 Å². The van der Waals surface area contributed by atoms with Crippen molar-refractivity contribution in [3.05, 3.63) is 73.7 Å². The van der Waals surface area contributed by atoms with Gasteiger partial charge in [0.1, 0.15) is 0 Å². The number of amides is 2. The smallest absolute Gasteiger partial charge is 0.267 e. The first-order valence-corrected chi connectivity index (χ1v) is 8.54. The van der Waals surface area contributed by atoms with Gasteiger partial charge in [0.25, 0.3) is 17.5 Å². The van der Waals surface area contributed by atoms with Crippen LogP contribution in [-0.4, -0.2) is 16.7 Å². The number of non-ortho nitro benzene ring substituents is 1. The Balaban J connectivity index is 2.07. The van der Waals surface area contributed by atoms with Gasteiger partial charge >= 0.3 is 0 Å². The van der Waals surface area contributed by atoms with E-state index in [0.29, 0.717) is 5.56 Å². The predicted molar refractivity (Wildman–Crippen MR) is 101 cm³/mol. The number of nitro groups is 1. The fourth-order valence-electron chi connectivity index (χ4n) is 2.28. The Morgan fingerprint density at radius 1 is 1.00 bits per heavy atom. The second-order valence-corrected chi connectivity index (χ2v) is 7.51. The van der Waals surface area contributed by atoms with Crippen molar-refractivity contribution in [3.8, 4) is 0 Å². The molecule has 2 aromatic rings.